The maximum atomic E-state index is 12.1. The zero-order chi connectivity index (χ0) is 15.0. The van der Waals surface area contributed by atoms with Crippen LogP contribution in [0, 0.1) is 11.3 Å². The van der Waals surface area contributed by atoms with Crippen LogP contribution in [-0.4, -0.2) is 34.5 Å². The summed E-state index contributed by atoms with van der Waals surface area (Å²) < 4.78 is 0. The van der Waals surface area contributed by atoms with E-state index in [1.54, 1.807) is 0 Å². The number of nitrogens with zero attached hydrogens (tertiary/aromatic N) is 2. The summed E-state index contributed by atoms with van der Waals surface area (Å²) in [6.45, 7) is 0.211. The first-order chi connectivity index (χ1) is 9.54. The molecule has 6 heteroatoms. The molecule has 0 radical (unpaired) electrons. The molecule has 0 heterocycles. The van der Waals surface area contributed by atoms with E-state index in [1.165, 1.54) is 4.90 Å². The van der Waals surface area contributed by atoms with Crippen LogP contribution >= 0.6 is 0 Å². The largest absolute Gasteiger partial charge is 0.481 e. The topological polar surface area (TPSA) is 107 Å². The highest BCUT2D eigenvalue weighted by atomic mass is 16.4. The van der Waals surface area contributed by atoms with Crippen LogP contribution in [0.15, 0.2) is 30.3 Å². The second-order valence-corrected chi connectivity index (χ2v) is 4.38. The Hall–Kier alpha value is -2.39. The van der Waals surface area contributed by atoms with Gasteiger partial charge in [-0.1, -0.05) is 30.3 Å². The lowest BCUT2D eigenvalue weighted by Crippen LogP contribution is -2.43. The first-order valence-electron chi connectivity index (χ1n) is 6.21. The fraction of sp³-hybridized carbons (Fsp3) is 0.357. The van der Waals surface area contributed by atoms with Crippen LogP contribution in [0.5, 0.6) is 0 Å². The molecular formula is C14H17N3O3. The number of carbonyl (C=O) groups is 2. The van der Waals surface area contributed by atoms with Crippen LogP contribution in [-0.2, 0) is 16.1 Å². The Morgan fingerprint density at radius 3 is 2.55 bits per heavy atom. The predicted octanol–water partition coefficient (Wildman–Crippen LogP) is 0.731. The SMILES string of the molecule is N#CCN(Cc1ccccc1)C(=O)C(N)CCC(=O)O. The molecule has 0 bridgehead atoms. The summed E-state index contributed by atoms with van der Waals surface area (Å²) >= 11 is 0. The molecule has 0 spiro atoms. The maximum Gasteiger partial charge on any atom is 0.303 e. The molecule has 1 atom stereocenters. The third kappa shape index (κ3) is 5.08. The molecule has 1 unspecified atom stereocenters. The van der Waals surface area contributed by atoms with Gasteiger partial charge < -0.3 is 15.7 Å². The van der Waals surface area contributed by atoms with Crippen molar-refractivity contribution in [1.82, 2.24) is 4.90 Å². The third-order valence-corrected chi connectivity index (χ3v) is 2.78. The van der Waals surface area contributed by atoms with E-state index in [2.05, 4.69) is 0 Å². The number of nitriles is 1. The van der Waals surface area contributed by atoms with Gasteiger partial charge in [-0.25, -0.2) is 0 Å². The Labute approximate surface area is 117 Å². The summed E-state index contributed by atoms with van der Waals surface area (Å²) in [5.41, 5.74) is 6.58. The molecule has 1 aromatic rings. The van der Waals surface area contributed by atoms with Gasteiger partial charge in [-0.05, 0) is 12.0 Å². The van der Waals surface area contributed by atoms with Gasteiger partial charge in [0.1, 0.15) is 6.54 Å². The minimum atomic E-state index is -0.997. The quantitative estimate of drug-likeness (QED) is 0.713. The average Bonchev–Trinajstić information content (AvgIpc) is 2.44. The standard InChI is InChI=1S/C14H17N3O3/c15-8-9-17(10-11-4-2-1-3-5-11)14(20)12(16)6-7-13(18)19/h1-5,12H,6-7,9-10,16H2,(H,18,19). The second kappa shape index (κ2) is 7.92. The van der Waals surface area contributed by atoms with E-state index in [-0.39, 0.29) is 25.9 Å². The Kier molecular flexibility index (Phi) is 6.20. The van der Waals surface area contributed by atoms with E-state index in [1.807, 2.05) is 36.4 Å². The van der Waals surface area contributed by atoms with Gasteiger partial charge in [0.15, 0.2) is 0 Å². The van der Waals surface area contributed by atoms with Gasteiger partial charge in [0.2, 0.25) is 5.91 Å². The van der Waals surface area contributed by atoms with Gasteiger partial charge in [0.25, 0.3) is 0 Å². The molecule has 1 amide bonds. The van der Waals surface area contributed by atoms with Crippen molar-refractivity contribution in [2.45, 2.75) is 25.4 Å². The van der Waals surface area contributed by atoms with E-state index >= 15 is 0 Å². The highest BCUT2D eigenvalue weighted by Crippen LogP contribution is 2.07. The third-order valence-electron chi connectivity index (χ3n) is 2.78. The maximum absolute atomic E-state index is 12.1. The van der Waals surface area contributed by atoms with Crippen molar-refractivity contribution in [3.63, 3.8) is 0 Å². The van der Waals surface area contributed by atoms with E-state index in [4.69, 9.17) is 16.1 Å². The molecule has 0 saturated carbocycles. The lowest BCUT2D eigenvalue weighted by atomic mass is 10.1. The van der Waals surface area contributed by atoms with Crippen LogP contribution in [0.2, 0.25) is 0 Å². The fourth-order valence-electron chi connectivity index (χ4n) is 1.74. The van der Waals surface area contributed by atoms with Gasteiger partial charge in [-0.2, -0.15) is 5.26 Å². The van der Waals surface area contributed by atoms with E-state index in [0.717, 1.165) is 5.56 Å². The molecule has 0 aliphatic carbocycles. The van der Waals surface area contributed by atoms with Crippen molar-refractivity contribution in [3.8, 4) is 6.07 Å². The molecule has 6 nitrogen and oxygen atoms in total. The van der Waals surface area contributed by atoms with Crippen molar-refractivity contribution in [1.29, 1.82) is 5.26 Å². The number of aliphatic carboxylic acids is 1. The first kappa shape index (κ1) is 15.7. The smallest absolute Gasteiger partial charge is 0.303 e. The van der Waals surface area contributed by atoms with Crippen molar-refractivity contribution >= 4 is 11.9 Å². The van der Waals surface area contributed by atoms with Crippen LogP contribution in [0.3, 0.4) is 0 Å². The molecule has 0 aliphatic heterocycles. The number of carboxylic acids is 1. The number of hydrogen-bond donors (Lipinski definition) is 2. The zero-order valence-electron chi connectivity index (χ0n) is 11.0. The van der Waals surface area contributed by atoms with E-state index < -0.39 is 17.9 Å². The van der Waals surface area contributed by atoms with Crippen LogP contribution in [0.25, 0.3) is 0 Å². The molecule has 3 N–H and O–H groups in total. The Morgan fingerprint density at radius 1 is 1.35 bits per heavy atom. The molecule has 1 rings (SSSR count). The molecular weight excluding hydrogens is 258 g/mol. The minimum Gasteiger partial charge on any atom is -0.481 e. The Bertz CT molecular complexity index is 496. The Balaban J connectivity index is 2.67. The monoisotopic (exact) mass is 275 g/mol. The van der Waals surface area contributed by atoms with Gasteiger partial charge in [-0.3, -0.25) is 9.59 Å². The van der Waals surface area contributed by atoms with Gasteiger partial charge in [0.05, 0.1) is 12.1 Å². The van der Waals surface area contributed by atoms with Gasteiger partial charge in [-0.15, -0.1) is 0 Å². The molecule has 20 heavy (non-hydrogen) atoms. The predicted molar refractivity (Wildman–Crippen MR) is 72.3 cm³/mol. The van der Waals surface area contributed by atoms with Crippen molar-refractivity contribution in [2.24, 2.45) is 5.73 Å². The highest BCUT2D eigenvalue weighted by Gasteiger charge is 2.21. The van der Waals surface area contributed by atoms with Crippen LogP contribution in [0.1, 0.15) is 18.4 Å². The summed E-state index contributed by atoms with van der Waals surface area (Å²) in [7, 11) is 0. The van der Waals surface area contributed by atoms with Gasteiger partial charge >= 0.3 is 5.97 Å². The normalized spacial score (nSPS) is 11.4. The zero-order valence-corrected chi connectivity index (χ0v) is 11.0. The number of carbonyl (C=O) groups excluding carboxylic acids is 1. The highest BCUT2D eigenvalue weighted by molar-refractivity contribution is 5.82. The molecule has 106 valence electrons. The number of amides is 1. The lowest BCUT2D eigenvalue weighted by molar-refractivity contribution is -0.137. The summed E-state index contributed by atoms with van der Waals surface area (Å²) in [5, 5.41) is 17.4. The van der Waals surface area contributed by atoms with Crippen molar-refractivity contribution in [2.75, 3.05) is 6.54 Å². The second-order valence-electron chi connectivity index (χ2n) is 4.38. The van der Waals surface area contributed by atoms with Crippen molar-refractivity contribution in [3.05, 3.63) is 35.9 Å². The molecule has 1 aromatic carbocycles. The molecule has 0 aliphatic rings. The minimum absolute atomic E-state index is 0.0604. The lowest BCUT2D eigenvalue weighted by Gasteiger charge is -2.23. The van der Waals surface area contributed by atoms with Gasteiger partial charge in [0, 0.05) is 13.0 Å². The Morgan fingerprint density at radius 2 is 2.00 bits per heavy atom. The average molecular weight is 275 g/mol. The van der Waals surface area contributed by atoms with E-state index in [9.17, 15) is 9.59 Å². The number of rotatable bonds is 7. The summed E-state index contributed by atoms with van der Waals surface area (Å²) in [4.78, 5) is 23.9. The van der Waals surface area contributed by atoms with Crippen LogP contribution in [0.4, 0.5) is 0 Å². The number of benzene rings is 1. The molecule has 0 fully saturated rings. The first-order valence-corrected chi connectivity index (χ1v) is 6.21. The van der Waals surface area contributed by atoms with E-state index in [0.29, 0.717) is 0 Å². The number of nitrogens with two attached hydrogens (primary N) is 1. The summed E-state index contributed by atoms with van der Waals surface area (Å²) in [5.74, 6) is -1.40. The number of carboxylic acid groups (broad SMARTS) is 1. The van der Waals surface area contributed by atoms with Crippen molar-refractivity contribution < 1.29 is 14.7 Å². The number of hydrogen-bond acceptors (Lipinski definition) is 4. The fourth-order valence-corrected chi connectivity index (χ4v) is 1.74. The summed E-state index contributed by atoms with van der Waals surface area (Å²) in [6, 6.07) is 10.3. The summed E-state index contributed by atoms with van der Waals surface area (Å²) in [6.07, 6.45) is -0.108. The molecule has 0 saturated heterocycles. The molecule has 0 aromatic heterocycles. The van der Waals surface area contributed by atoms with Crippen LogP contribution < -0.4 is 5.73 Å².